The van der Waals surface area contributed by atoms with Crippen molar-refractivity contribution in [1.82, 2.24) is 30.2 Å². The molecule has 25 nitrogen and oxygen atoms in total. The molecule has 3 aromatic heterocycles. The van der Waals surface area contributed by atoms with Crippen LogP contribution in [0.5, 0.6) is 0 Å². The van der Waals surface area contributed by atoms with Crippen LogP contribution in [0.1, 0.15) is 76.2 Å². The van der Waals surface area contributed by atoms with Crippen molar-refractivity contribution in [3.05, 3.63) is 35.8 Å². The standard InChI is InChI=1S/C34H54N7O18P3S/c1-5-6-7-8-21-15-20(2)22(56-21)9-10-25(43)63-14-13-36-24(42)11-12-37-32(46)29(45)34(3,4)17-55-62(52,53)59-61(50,51)54-16-23-28(58-60(47,48)49)27(44)33(57-23)41-19-40-26-30(35)38-18-39-31(26)41/h15,18-19,23,27-29,33,44-45H,5-14,16-17H2,1-4H3,(H,36,42)(H,37,46)(H,50,51)(H,52,53)(H2,35,38,39)(H2,47,48,49). The number of hydrogen-bond donors (Lipinski definition) is 9. The van der Waals surface area contributed by atoms with E-state index in [2.05, 4.69) is 41.3 Å². The molecular weight excluding hydrogens is 919 g/mol. The summed E-state index contributed by atoms with van der Waals surface area (Å²) in [6.07, 6.45) is -2.04. The monoisotopic (exact) mass is 973 g/mol. The van der Waals surface area contributed by atoms with E-state index >= 15 is 0 Å². The number of carbonyl (C=O) groups excluding carboxylic acids is 3. The van der Waals surface area contributed by atoms with Gasteiger partial charge in [-0.25, -0.2) is 28.6 Å². The Hall–Kier alpha value is -3.16. The summed E-state index contributed by atoms with van der Waals surface area (Å²) in [5.41, 5.74) is 5.28. The van der Waals surface area contributed by atoms with Gasteiger partial charge in [-0.05, 0) is 25.0 Å². The number of fused-ring (bicyclic) bond motifs is 1. The number of aryl methyl sites for hydroxylation is 3. The van der Waals surface area contributed by atoms with Gasteiger partial charge in [-0.2, -0.15) is 4.31 Å². The molecule has 1 aliphatic rings. The summed E-state index contributed by atoms with van der Waals surface area (Å²) in [6, 6.07) is 2.01. The van der Waals surface area contributed by atoms with Crippen molar-refractivity contribution < 1.29 is 84.9 Å². The van der Waals surface area contributed by atoms with Crippen molar-refractivity contribution in [2.45, 2.75) is 103 Å². The number of nitrogens with one attached hydrogen (secondary N) is 2. The number of amides is 2. The number of furan rings is 1. The van der Waals surface area contributed by atoms with Gasteiger partial charge in [0.2, 0.25) is 11.8 Å². The Morgan fingerprint density at radius 1 is 1.02 bits per heavy atom. The normalized spacial score (nSPS) is 20.6. The first kappa shape index (κ1) is 52.5. The second kappa shape index (κ2) is 22.8. The van der Waals surface area contributed by atoms with Crippen LogP contribution in [0.25, 0.3) is 11.2 Å². The van der Waals surface area contributed by atoms with Crippen molar-refractivity contribution in [3.8, 4) is 0 Å². The summed E-state index contributed by atoms with van der Waals surface area (Å²) in [5, 5.41) is 26.5. The highest BCUT2D eigenvalue weighted by atomic mass is 32.2. The molecule has 3 aromatic rings. The summed E-state index contributed by atoms with van der Waals surface area (Å²) in [5.74, 6) is 0.572. The van der Waals surface area contributed by atoms with Crippen molar-refractivity contribution in [2.24, 2.45) is 5.41 Å². The largest absolute Gasteiger partial charge is 0.481 e. The molecule has 0 saturated carbocycles. The molecule has 29 heteroatoms. The smallest absolute Gasteiger partial charge is 0.466 e. The third-order valence-electron chi connectivity index (χ3n) is 9.42. The average molecular weight is 974 g/mol. The fourth-order valence-electron chi connectivity index (χ4n) is 6.09. The Kier molecular flexibility index (Phi) is 19.0. The number of unbranched alkanes of at least 4 members (excludes halogenated alkanes) is 2. The van der Waals surface area contributed by atoms with Gasteiger partial charge in [-0.1, -0.05) is 45.4 Å². The quantitative estimate of drug-likeness (QED) is 0.0410. The Morgan fingerprint density at radius 2 is 1.73 bits per heavy atom. The van der Waals surface area contributed by atoms with Crippen LogP contribution in [0.15, 0.2) is 23.1 Å². The van der Waals surface area contributed by atoms with E-state index in [1.165, 1.54) is 13.8 Å². The zero-order chi connectivity index (χ0) is 46.8. The topological polar surface area (TPSA) is 377 Å². The minimum absolute atomic E-state index is 0.0293. The highest BCUT2D eigenvalue weighted by molar-refractivity contribution is 8.13. The van der Waals surface area contributed by atoms with E-state index in [1.54, 1.807) is 0 Å². The summed E-state index contributed by atoms with van der Waals surface area (Å²) in [6.45, 7) is 4.55. The maximum Gasteiger partial charge on any atom is 0.481 e. The number of aliphatic hydroxyl groups is 2. The zero-order valence-electron chi connectivity index (χ0n) is 34.8. The third kappa shape index (κ3) is 16.0. The Bertz CT molecular complexity index is 2190. The molecule has 0 aromatic carbocycles. The predicted molar refractivity (Wildman–Crippen MR) is 222 cm³/mol. The number of nitrogens with two attached hydrogens (primary N) is 1. The molecule has 0 bridgehead atoms. The minimum atomic E-state index is -5.58. The molecule has 7 unspecified atom stereocenters. The lowest BCUT2D eigenvalue weighted by atomic mass is 9.87. The van der Waals surface area contributed by atoms with Crippen LogP contribution in [-0.2, 0) is 63.5 Å². The number of phosphoric ester groups is 3. The number of thioether (sulfide) groups is 1. The molecule has 7 atom stereocenters. The second-order valence-electron chi connectivity index (χ2n) is 15.1. The van der Waals surface area contributed by atoms with Gasteiger partial charge in [-0.15, -0.1) is 0 Å². The van der Waals surface area contributed by atoms with Crippen molar-refractivity contribution in [2.75, 3.05) is 37.8 Å². The molecule has 1 saturated heterocycles. The van der Waals surface area contributed by atoms with Gasteiger partial charge in [-0.3, -0.25) is 32.5 Å². The van der Waals surface area contributed by atoms with Crippen LogP contribution in [0, 0.1) is 12.3 Å². The number of nitrogens with zero attached hydrogens (tertiary/aromatic N) is 4. The summed E-state index contributed by atoms with van der Waals surface area (Å²) in [7, 11) is -16.4. The van der Waals surface area contributed by atoms with E-state index in [0.29, 0.717) is 12.2 Å². The van der Waals surface area contributed by atoms with Crippen molar-refractivity contribution in [3.63, 3.8) is 0 Å². The van der Waals surface area contributed by atoms with E-state index in [-0.39, 0.29) is 48.0 Å². The van der Waals surface area contributed by atoms with Crippen LogP contribution in [0.2, 0.25) is 0 Å². The second-order valence-corrected chi connectivity index (χ2v) is 20.5. The van der Waals surface area contributed by atoms with Gasteiger partial charge in [0.25, 0.3) is 0 Å². The first-order valence-electron chi connectivity index (χ1n) is 19.5. The molecule has 0 aliphatic carbocycles. The highest BCUT2D eigenvalue weighted by Crippen LogP contribution is 2.61. The van der Waals surface area contributed by atoms with Crippen LogP contribution in [0.3, 0.4) is 0 Å². The molecular formula is C34H54N7O18P3S. The SMILES string of the molecule is CCCCCc1cc(C)c(CCC(=O)SCCNC(=O)CCNC(=O)C(O)C(C)(C)COP(=O)(O)OP(=O)(O)OCC2OC(n3cnc4c(N)ncnc43)C(O)C2OP(=O)(O)O)o1. The van der Waals surface area contributed by atoms with Gasteiger partial charge in [0.05, 0.1) is 19.5 Å². The first-order valence-corrected chi connectivity index (χ1v) is 25.1. The number of aromatic nitrogens is 4. The molecule has 63 heavy (non-hydrogen) atoms. The lowest BCUT2D eigenvalue weighted by Gasteiger charge is -2.30. The molecule has 0 radical (unpaired) electrons. The number of imidazole rings is 1. The van der Waals surface area contributed by atoms with Gasteiger partial charge < -0.3 is 55.3 Å². The predicted octanol–water partition coefficient (Wildman–Crippen LogP) is 1.93. The third-order valence-corrected chi connectivity index (χ3v) is 13.5. The van der Waals surface area contributed by atoms with E-state index in [4.69, 9.17) is 23.9 Å². The van der Waals surface area contributed by atoms with Crippen LogP contribution >= 0.6 is 35.2 Å². The van der Waals surface area contributed by atoms with Crippen molar-refractivity contribution >= 4 is 69.1 Å². The first-order chi connectivity index (χ1) is 29.4. The van der Waals surface area contributed by atoms with Gasteiger partial charge >= 0.3 is 23.5 Å². The van der Waals surface area contributed by atoms with E-state index < -0.39 is 84.6 Å². The number of nitrogen functional groups attached to an aromatic ring is 1. The number of rotatable bonds is 26. The van der Waals surface area contributed by atoms with Gasteiger partial charge in [0.1, 0.15) is 47.8 Å². The lowest BCUT2D eigenvalue weighted by molar-refractivity contribution is -0.137. The molecule has 1 fully saturated rings. The molecule has 4 heterocycles. The van der Waals surface area contributed by atoms with Gasteiger partial charge in [0.15, 0.2) is 22.8 Å². The number of phosphoric acid groups is 3. The number of ether oxygens (including phenoxy) is 1. The van der Waals surface area contributed by atoms with Crippen LogP contribution < -0.4 is 16.4 Å². The molecule has 354 valence electrons. The molecule has 0 spiro atoms. The molecule has 2 amide bonds. The minimum Gasteiger partial charge on any atom is -0.466 e. The van der Waals surface area contributed by atoms with Gasteiger partial charge in [0, 0.05) is 49.9 Å². The van der Waals surface area contributed by atoms with Crippen LogP contribution in [-0.4, -0.2) is 123 Å². The van der Waals surface area contributed by atoms with E-state index in [9.17, 15) is 57.9 Å². The van der Waals surface area contributed by atoms with Crippen LogP contribution in [0.4, 0.5) is 5.82 Å². The Morgan fingerprint density at radius 3 is 2.43 bits per heavy atom. The Labute approximate surface area is 365 Å². The average Bonchev–Trinajstić information content (AvgIpc) is 3.87. The Balaban J connectivity index is 1.17. The molecule has 4 rings (SSSR count). The lowest BCUT2D eigenvalue weighted by Crippen LogP contribution is -2.46. The number of hydrogen-bond acceptors (Lipinski definition) is 19. The maximum absolute atomic E-state index is 12.7. The number of carbonyl (C=O) groups is 3. The summed E-state index contributed by atoms with van der Waals surface area (Å²) < 4.78 is 68.2. The summed E-state index contributed by atoms with van der Waals surface area (Å²) in [4.78, 5) is 88.4. The highest BCUT2D eigenvalue weighted by Gasteiger charge is 2.50. The van der Waals surface area contributed by atoms with E-state index in [0.717, 1.165) is 71.8 Å². The number of anilines is 1. The van der Waals surface area contributed by atoms with Crippen molar-refractivity contribution in [1.29, 1.82) is 0 Å². The molecule has 10 N–H and O–H groups in total. The fraction of sp³-hybridized carbons (Fsp3) is 0.647. The van der Waals surface area contributed by atoms with E-state index in [1.807, 2.05) is 13.0 Å². The fourth-order valence-corrected chi connectivity index (χ4v) is 9.60. The zero-order valence-corrected chi connectivity index (χ0v) is 38.3. The molecule has 1 aliphatic heterocycles. The number of aliphatic hydroxyl groups excluding tert-OH is 2. The summed E-state index contributed by atoms with van der Waals surface area (Å²) >= 11 is 1.08. The maximum atomic E-state index is 12.7.